The standard InChI is InChI=1S/C8H15F3N2/c1-13(8(9,10)11)6-7-2-4-12-5-3-7/h7,12H,2-6H2,1H3. The van der Waals surface area contributed by atoms with Crippen molar-refractivity contribution in [1.29, 1.82) is 0 Å². The van der Waals surface area contributed by atoms with Gasteiger partial charge in [-0.25, -0.2) is 4.90 Å². The fourth-order valence-corrected chi connectivity index (χ4v) is 1.56. The molecule has 0 amide bonds. The van der Waals surface area contributed by atoms with Crippen LogP contribution < -0.4 is 5.32 Å². The summed E-state index contributed by atoms with van der Waals surface area (Å²) in [5.74, 6) is 0.188. The van der Waals surface area contributed by atoms with Crippen molar-refractivity contribution in [3.05, 3.63) is 0 Å². The highest BCUT2D eigenvalue weighted by atomic mass is 19.4. The van der Waals surface area contributed by atoms with Crippen molar-refractivity contribution < 1.29 is 13.2 Å². The Bertz CT molecular complexity index is 152. The summed E-state index contributed by atoms with van der Waals surface area (Å²) >= 11 is 0. The first-order valence-corrected chi connectivity index (χ1v) is 4.49. The van der Waals surface area contributed by atoms with Crippen LogP contribution in [0.15, 0.2) is 0 Å². The highest BCUT2D eigenvalue weighted by Gasteiger charge is 2.35. The van der Waals surface area contributed by atoms with Gasteiger partial charge in [0.15, 0.2) is 0 Å². The predicted molar refractivity (Wildman–Crippen MR) is 44.3 cm³/mol. The summed E-state index contributed by atoms with van der Waals surface area (Å²) in [6.07, 6.45) is -2.48. The van der Waals surface area contributed by atoms with Gasteiger partial charge in [0.25, 0.3) is 0 Å². The van der Waals surface area contributed by atoms with Crippen molar-refractivity contribution in [2.45, 2.75) is 19.1 Å². The molecular formula is C8H15F3N2. The van der Waals surface area contributed by atoms with E-state index in [1.165, 1.54) is 0 Å². The molecule has 0 aromatic rings. The second-order valence-corrected chi connectivity index (χ2v) is 3.54. The Morgan fingerprint density at radius 1 is 1.31 bits per heavy atom. The highest BCUT2D eigenvalue weighted by molar-refractivity contribution is 4.71. The number of nitrogens with zero attached hydrogens (tertiary/aromatic N) is 1. The third-order valence-corrected chi connectivity index (χ3v) is 2.42. The van der Waals surface area contributed by atoms with E-state index in [2.05, 4.69) is 5.32 Å². The van der Waals surface area contributed by atoms with Crippen LogP contribution in [0.5, 0.6) is 0 Å². The monoisotopic (exact) mass is 196 g/mol. The topological polar surface area (TPSA) is 15.3 Å². The van der Waals surface area contributed by atoms with E-state index in [1.54, 1.807) is 0 Å². The molecule has 1 fully saturated rings. The van der Waals surface area contributed by atoms with Crippen molar-refractivity contribution >= 4 is 0 Å². The number of hydrogen-bond donors (Lipinski definition) is 1. The zero-order valence-corrected chi connectivity index (χ0v) is 7.69. The minimum absolute atomic E-state index is 0.130. The summed E-state index contributed by atoms with van der Waals surface area (Å²) in [5.41, 5.74) is 0. The lowest BCUT2D eigenvalue weighted by molar-refractivity contribution is -0.239. The third kappa shape index (κ3) is 3.52. The number of nitrogens with one attached hydrogen (secondary N) is 1. The average Bonchev–Trinajstić information content (AvgIpc) is 2.04. The molecule has 2 nitrogen and oxygen atoms in total. The summed E-state index contributed by atoms with van der Waals surface area (Å²) in [7, 11) is 1.11. The van der Waals surface area contributed by atoms with Gasteiger partial charge in [-0.05, 0) is 38.9 Å². The molecular weight excluding hydrogens is 181 g/mol. The van der Waals surface area contributed by atoms with E-state index in [9.17, 15) is 13.2 Å². The molecule has 0 atom stereocenters. The van der Waals surface area contributed by atoms with Crippen molar-refractivity contribution in [2.24, 2.45) is 5.92 Å². The van der Waals surface area contributed by atoms with Gasteiger partial charge in [0.2, 0.25) is 0 Å². The molecule has 1 N–H and O–H groups in total. The van der Waals surface area contributed by atoms with Crippen LogP contribution in [-0.2, 0) is 0 Å². The maximum absolute atomic E-state index is 12.1. The van der Waals surface area contributed by atoms with E-state index in [0.717, 1.165) is 33.0 Å². The molecule has 0 saturated carbocycles. The summed E-state index contributed by atoms with van der Waals surface area (Å²) in [6, 6.07) is 0. The number of piperidine rings is 1. The average molecular weight is 196 g/mol. The lowest BCUT2D eigenvalue weighted by atomic mass is 9.98. The van der Waals surface area contributed by atoms with E-state index >= 15 is 0 Å². The van der Waals surface area contributed by atoms with Gasteiger partial charge in [-0.15, -0.1) is 0 Å². The van der Waals surface area contributed by atoms with Gasteiger partial charge in [0.05, 0.1) is 0 Å². The van der Waals surface area contributed by atoms with Gasteiger partial charge in [0, 0.05) is 6.54 Å². The van der Waals surface area contributed by atoms with Crippen molar-refractivity contribution in [3.63, 3.8) is 0 Å². The van der Waals surface area contributed by atoms with E-state index < -0.39 is 6.30 Å². The quantitative estimate of drug-likeness (QED) is 0.672. The van der Waals surface area contributed by atoms with Gasteiger partial charge in [-0.2, -0.15) is 13.2 Å². The van der Waals surface area contributed by atoms with Crippen LogP contribution in [0, 0.1) is 5.92 Å². The molecule has 1 aliphatic rings. The minimum atomic E-state index is -4.18. The van der Waals surface area contributed by atoms with E-state index in [4.69, 9.17) is 0 Å². The Kier molecular flexibility index (Phi) is 3.55. The molecule has 0 aromatic heterocycles. The first-order chi connectivity index (χ1) is 6.00. The van der Waals surface area contributed by atoms with Crippen LogP contribution in [0.4, 0.5) is 13.2 Å². The number of alkyl halides is 3. The Hall–Kier alpha value is -0.290. The molecule has 0 spiro atoms. The number of halogens is 3. The summed E-state index contributed by atoms with van der Waals surface area (Å²) in [6.45, 7) is 1.82. The number of rotatable bonds is 2. The van der Waals surface area contributed by atoms with Gasteiger partial charge in [-0.3, -0.25) is 0 Å². The van der Waals surface area contributed by atoms with Crippen LogP contribution in [0.1, 0.15) is 12.8 Å². The van der Waals surface area contributed by atoms with Crippen LogP contribution in [0.2, 0.25) is 0 Å². The Labute approximate surface area is 76.1 Å². The zero-order chi connectivity index (χ0) is 9.90. The fourth-order valence-electron chi connectivity index (χ4n) is 1.56. The van der Waals surface area contributed by atoms with Crippen LogP contribution in [0.25, 0.3) is 0 Å². The zero-order valence-electron chi connectivity index (χ0n) is 7.69. The Morgan fingerprint density at radius 3 is 2.31 bits per heavy atom. The molecule has 1 rings (SSSR count). The van der Waals surface area contributed by atoms with E-state index in [1.807, 2.05) is 0 Å². The molecule has 0 aromatic carbocycles. The Balaban J connectivity index is 2.30. The largest absolute Gasteiger partial charge is 0.459 e. The number of hydrogen-bond acceptors (Lipinski definition) is 2. The maximum atomic E-state index is 12.1. The van der Waals surface area contributed by atoms with Crippen LogP contribution in [-0.4, -0.2) is 37.9 Å². The van der Waals surface area contributed by atoms with Crippen LogP contribution >= 0.6 is 0 Å². The van der Waals surface area contributed by atoms with Gasteiger partial charge in [0.1, 0.15) is 0 Å². The summed E-state index contributed by atoms with van der Waals surface area (Å²) in [5, 5.41) is 3.13. The van der Waals surface area contributed by atoms with Crippen molar-refractivity contribution in [2.75, 3.05) is 26.7 Å². The molecule has 0 radical (unpaired) electrons. The first-order valence-electron chi connectivity index (χ1n) is 4.49. The lowest BCUT2D eigenvalue weighted by Gasteiger charge is -2.28. The lowest BCUT2D eigenvalue weighted by Crippen LogP contribution is -2.41. The van der Waals surface area contributed by atoms with Crippen LogP contribution in [0.3, 0.4) is 0 Å². The second kappa shape index (κ2) is 4.28. The predicted octanol–water partition coefficient (Wildman–Crippen LogP) is 1.44. The second-order valence-electron chi connectivity index (χ2n) is 3.54. The summed E-state index contributed by atoms with van der Waals surface area (Å²) < 4.78 is 36.3. The maximum Gasteiger partial charge on any atom is 0.459 e. The molecule has 0 aliphatic carbocycles. The molecule has 5 heteroatoms. The summed E-state index contributed by atoms with van der Waals surface area (Å²) in [4.78, 5) is 0.475. The van der Waals surface area contributed by atoms with E-state index in [0.29, 0.717) is 4.90 Å². The van der Waals surface area contributed by atoms with Crippen molar-refractivity contribution in [3.8, 4) is 0 Å². The molecule has 0 bridgehead atoms. The fraction of sp³-hybridized carbons (Fsp3) is 1.00. The Morgan fingerprint density at radius 2 is 1.85 bits per heavy atom. The molecule has 0 unspecified atom stereocenters. The van der Waals surface area contributed by atoms with E-state index in [-0.39, 0.29) is 12.5 Å². The smallest absolute Gasteiger partial charge is 0.317 e. The molecule has 1 saturated heterocycles. The molecule has 78 valence electrons. The molecule has 1 aliphatic heterocycles. The third-order valence-electron chi connectivity index (χ3n) is 2.42. The highest BCUT2D eigenvalue weighted by Crippen LogP contribution is 2.22. The normalized spacial score (nSPS) is 21.0. The minimum Gasteiger partial charge on any atom is -0.317 e. The SMILES string of the molecule is CN(CC1CCNCC1)C(F)(F)F. The van der Waals surface area contributed by atoms with Gasteiger partial charge >= 0.3 is 6.30 Å². The molecule has 1 heterocycles. The first kappa shape index (κ1) is 10.8. The van der Waals surface area contributed by atoms with Gasteiger partial charge < -0.3 is 5.32 Å². The van der Waals surface area contributed by atoms with Crippen molar-refractivity contribution in [1.82, 2.24) is 10.2 Å². The van der Waals surface area contributed by atoms with Gasteiger partial charge in [-0.1, -0.05) is 0 Å². The molecule has 13 heavy (non-hydrogen) atoms.